The molecule has 6 rings (SSSR count). The number of anilines is 2. The Labute approximate surface area is 189 Å². The number of nitrogens with zero attached hydrogens (tertiary/aromatic N) is 3. The molecule has 1 aliphatic carbocycles. The van der Waals surface area contributed by atoms with Gasteiger partial charge in [-0.25, -0.2) is 0 Å². The molecule has 1 spiro atoms. The maximum atomic E-state index is 9.00. The molecule has 7 heteroatoms. The summed E-state index contributed by atoms with van der Waals surface area (Å²) < 4.78 is 8.26. The van der Waals surface area contributed by atoms with Crippen LogP contribution in [0, 0.1) is 10.8 Å². The Bertz CT molecular complexity index is 1070. The van der Waals surface area contributed by atoms with Crippen molar-refractivity contribution in [3.05, 3.63) is 46.9 Å². The van der Waals surface area contributed by atoms with Gasteiger partial charge in [0.1, 0.15) is 5.82 Å². The lowest BCUT2D eigenvalue weighted by Crippen LogP contribution is -2.51. The van der Waals surface area contributed by atoms with Crippen molar-refractivity contribution in [1.82, 2.24) is 9.55 Å². The van der Waals surface area contributed by atoms with Crippen molar-refractivity contribution in [3.63, 3.8) is 0 Å². The van der Waals surface area contributed by atoms with Gasteiger partial charge in [-0.15, -0.1) is 0 Å². The molecule has 1 aromatic heterocycles. The first-order chi connectivity index (χ1) is 15.5. The third kappa shape index (κ3) is 2.94. The van der Waals surface area contributed by atoms with Gasteiger partial charge in [0.25, 0.3) is 0 Å². The molecule has 0 unspecified atom stereocenters. The molecule has 0 amide bonds. The predicted octanol–water partition coefficient (Wildman–Crippen LogP) is 2.59. The molecular formula is C25H34N6O. The minimum atomic E-state index is -0.0681. The fourth-order valence-corrected chi connectivity index (χ4v) is 6.29. The van der Waals surface area contributed by atoms with E-state index in [0.29, 0.717) is 5.49 Å². The molecule has 2 saturated heterocycles. The Kier molecular flexibility index (Phi) is 4.63. The third-order valence-corrected chi connectivity index (χ3v) is 8.49. The lowest BCUT2D eigenvalue weighted by atomic mass is 9.73. The van der Waals surface area contributed by atoms with Crippen LogP contribution in [0.4, 0.5) is 11.8 Å². The molecule has 32 heavy (non-hydrogen) atoms. The van der Waals surface area contributed by atoms with E-state index in [1.807, 2.05) is 0 Å². The number of fused-ring (bicyclic) bond motifs is 1. The van der Waals surface area contributed by atoms with Crippen molar-refractivity contribution in [2.75, 3.05) is 36.5 Å². The highest BCUT2D eigenvalue weighted by atomic mass is 16.5. The van der Waals surface area contributed by atoms with Gasteiger partial charge in [-0.05, 0) is 44.6 Å². The van der Waals surface area contributed by atoms with E-state index in [1.165, 1.54) is 5.56 Å². The summed E-state index contributed by atoms with van der Waals surface area (Å²) in [5.74, 6) is 2.06. The topological polar surface area (TPSA) is 92.2 Å². The normalized spacial score (nSPS) is 27.8. The zero-order valence-electron chi connectivity index (χ0n) is 18.9. The van der Waals surface area contributed by atoms with Crippen molar-refractivity contribution >= 4 is 11.8 Å². The van der Waals surface area contributed by atoms with Crippen LogP contribution in [-0.2, 0) is 16.7 Å². The van der Waals surface area contributed by atoms with Crippen molar-refractivity contribution in [3.8, 4) is 0 Å². The first-order valence-electron chi connectivity index (χ1n) is 12.2. The van der Waals surface area contributed by atoms with E-state index in [0.717, 1.165) is 82.2 Å². The number of hydrogen-bond donors (Lipinski definition) is 3. The van der Waals surface area contributed by atoms with E-state index >= 15 is 0 Å². The Morgan fingerprint density at radius 1 is 1.12 bits per heavy atom. The Morgan fingerprint density at radius 2 is 1.88 bits per heavy atom. The van der Waals surface area contributed by atoms with E-state index < -0.39 is 0 Å². The van der Waals surface area contributed by atoms with Gasteiger partial charge < -0.3 is 20.7 Å². The number of ether oxygens (including phenoxy) is 1. The number of piperidine rings is 1. The highest BCUT2D eigenvalue weighted by Crippen LogP contribution is 2.54. The van der Waals surface area contributed by atoms with Gasteiger partial charge in [-0.1, -0.05) is 30.3 Å². The van der Waals surface area contributed by atoms with E-state index in [-0.39, 0.29) is 23.0 Å². The zero-order chi connectivity index (χ0) is 21.9. The van der Waals surface area contributed by atoms with Gasteiger partial charge in [0, 0.05) is 48.6 Å². The summed E-state index contributed by atoms with van der Waals surface area (Å²) >= 11 is 0. The SMILES string of the molecule is C[C@@H]1OCC2(CCN(c3nc(=N)c(C4(c5ccccc5)CC4)c4n3CCCN4)CC2)[C@@H]1N. The fourth-order valence-electron chi connectivity index (χ4n) is 6.29. The van der Waals surface area contributed by atoms with Crippen LogP contribution in [0.15, 0.2) is 30.3 Å². The number of rotatable bonds is 3. The second kappa shape index (κ2) is 7.32. The average molecular weight is 435 g/mol. The van der Waals surface area contributed by atoms with Crippen LogP contribution in [0.3, 0.4) is 0 Å². The highest BCUT2D eigenvalue weighted by molar-refractivity contribution is 5.60. The van der Waals surface area contributed by atoms with Crippen LogP contribution in [-0.4, -0.2) is 47.9 Å². The summed E-state index contributed by atoms with van der Waals surface area (Å²) in [5, 5.41) is 12.7. The number of hydrogen-bond acceptors (Lipinski definition) is 6. The number of benzene rings is 1. The number of aromatic nitrogens is 2. The van der Waals surface area contributed by atoms with Crippen LogP contribution < -0.4 is 21.4 Å². The quantitative estimate of drug-likeness (QED) is 0.691. The second-order valence-electron chi connectivity index (χ2n) is 10.3. The van der Waals surface area contributed by atoms with Crippen molar-refractivity contribution < 1.29 is 4.74 Å². The summed E-state index contributed by atoms with van der Waals surface area (Å²) in [6, 6.07) is 10.8. The van der Waals surface area contributed by atoms with Crippen LogP contribution >= 0.6 is 0 Å². The molecule has 3 fully saturated rings. The molecule has 0 radical (unpaired) electrons. The van der Waals surface area contributed by atoms with Gasteiger partial charge in [0.2, 0.25) is 5.95 Å². The molecule has 1 aromatic carbocycles. The fraction of sp³-hybridized carbons (Fsp3) is 0.600. The van der Waals surface area contributed by atoms with Crippen LogP contribution in [0.5, 0.6) is 0 Å². The van der Waals surface area contributed by atoms with Crippen LogP contribution in [0.25, 0.3) is 0 Å². The van der Waals surface area contributed by atoms with Crippen LogP contribution in [0.1, 0.15) is 50.2 Å². The first kappa shape index (κ1) is 20.2. The van der Waals surface area contributed by atoms with E-state index in [1.54, 1.807) is 0 Å². The second-order valence-corrected chi connectivity index (χ2v) is 10.3. The maximum absolute atomic E-state index is 9.00. The number of nitrogens with two attached hydrogens (primary N) is 1. The molecule has 3 aliphatic heterocycles. The third-order valence-electron chi connectivity index (χ3n) is 8.49. The highest BCUT2D eigenvalue weighted by Gasteiger charge is 2.50. The Hall–Kier alpha value is -2.38. The van der Waals surface area contributed by atoms with E-state index in [4.69, 9.17) is 20.9 Å². The minimum Gasteiger partial charge on any atom is -0.376 e. The predicted molar refractivity (Wildman–Crippen MR) is 125 cm³/mol. The largest absolute Gasteiger partial charge is 0.376 e. The maximum Gasteiger partial charge on any atom is 0.209 e. The molecule has 4 N–H and O–H groups in total. The number of nitrogens with one attached hydrogen (secondary N) is 2. The molecule has 2 atom stereocenters. The summed E-state index contributed by atoms with van der Waals surface area (Å²) in [6.07, 6.45) is 5.42. The first-order valence-corrected chi connectivity index (χ1v) is 12.2. The summed E-state index contributed by atoms with van der Waals surface area (Å²) in [6.45, 7) is 6.60. The summed E-state index contributed by atoms with van der Waals surface area (Å²) in [5.41, 5.74) is 9.38. The monoisotopic (exact) mass is 434 g/mol. The molecule has 170 valence electrons. The Balaban J connectivity index is 1.36. The zero-order valence-corrected chi connectivity index (χ0v) is 18.9. The smallest absolute Gasteiger partial charge is 0.209 e. The molecule has 7 nitrogen and oxygen atoms in total. The van der Waals surface area contributed by atoms with Gasteiger partial charge >= 0.3 is 0 Å². The summed E-state index contributed by atoms with van der Waals surface area (Å²) in [4.78, 5) is 7.32. The standard InChI is InChI=1S/C25H34N6O/c1-17-20(26)24(16-32-17)10-14-30(15-11-24)23-29-21(27)19(22-28-12-5-13-31(22)23)25(8-9-25)18-6-3-2-4-7-18/h2-4,6-7,17,20,27-28H,5,8-16,26H2,1H3/t17-,20+/m0/s1. The van der Waals surface area contributed by atoms with Crippen molar-refractivity contribution in [1.29, 1.82) is 5.41 Å². The van der Waals surface area contributed by atoms with Gasteiger partial charge in [-0.2, -0.15) is 4.98 Å². The molecule has 0 bridgehead atoms. The van der Waals surface area contributed by atoms with E-state index in [2.05, 4.69) is 52.0 Å². The lowest BCUT2D eigenvalue weighted by molar-refractivity contribution is 0.0973. The minimum absolute atomic E-state index is 0.0681. The van der Waals surface area contributed by atoms with Crippen molar-refractivity contribution in [2.24, 2.45) is 11.1 Å². The lowest BCUT2D eigenvalue weighted by Gasteiger charge is -2.42. The Morgan fingerprint density at radius 3 is 2.53 bits per heavy atom. The van der Waals surface area contributed by atoms with E-state index in [9.17, 15) is 0 Å². The van der Waals surface area contributed by atoms with Crippen molar-refractivity contribution in [2.45, 2.75) is 63.1 Å². The van der Waals surface area contributed by atoms with Gasteiger partial charge in [0.15, 0.2) is 5.49 Å². The molecular weight excluding hydrogens is 400 g/mol. The summed E-state index contributed by atoms with van der Waals surface area (Å²) in [7, 11) is 0. The molecule has 1 saturated carbocycles. The molecule has 4 heterocycles. The van der Waals surface area contributed by atoms with Crippen LogP contribution in [0.2, 0.25) is 0 Å². The molecule has 2 aromatic rings. The van der Waals surface area contributed by atoms with Gasteiger partial charge in [0.05, 0.1) is 12.7 Å². The average Bonchev–Trinajstić information content (AvgIpc) is 3.59. The van der Waals surface area contributed by atoms with Gasteiger partial charge in [-0.3, -0.25) is 9.98 Å². The molecule has 4 aliphatic rings.